The van der Waals surface area contributed by atoms with Gasteiger partial charge in [0.05, 0.1) is 18.8 Å². The van der Waals surface area contributed by atoms with Gasteiger partial charge in [0.2, 0.25) is 0 Å². The minimum Gasteiger partial charge on any atom is -0.477 e. The van der Waals surface area contributed by atoms with Gasteiger partial charge in [0.1, 0.15) is 5.75 Å². The van der Waals surface area contributed by atoms with Gasteiger partial charge in [-0.3, -0.25) is 0 Å². The van der Waals surface area contributed by atoms with E-state index in [1.54, 1.807) is 6.07 Å². The van der Waals surface area contributed by atoms with Crippen LogP contribution in [0.4, 0.5) is 18.9 Å². The van der Waals surface area contributed by atoms with Gasteiger partial charge in [-0.2, -0.15) is 13.2 Å². The van der Waals surface area contributed by atoms with Gasteiger partial charge in [-0.1, -0.05) is 119 Å². The van der Waals surface area contributed by atoms with E-state index in [-0.39, 0.29) is 5.41 Å². The van der Waals surface area contributed by atoms with Crippen LogP contribution in [0, 0.1) is 6.92 Å². The Hall–Kier alpha value is -5.59. The van der Waals surface area contributed by atoms with Crippen molar-refractivity contribution < 1.29 is 22.6 Å². The SMILES string of the molecule is Cc1c2c(c3ccccc3c1OC(C)(c1ccc(N3CCOCC3)cc1)c1ccc3c(c1)C(C)(C)c1ccc4ccccc4c1-3)-c1ccc(C(F)(F)F)cc1C2(C)C. The van der Waals surface area contributed by atoms with Crippen LogP contribution in [0.25, 0.3) is 43.8 Å². The summed E-state index contributed by atoms with van der Waals surface area (Å²) in [5, 5.41) is 4.37. The molecule has 2 aliphatic carbocycles. The summed E-state index contributed by atoms with van der Waals surface area (Å²) in [6.45, 7) is 16.0. The highest BCUT2D eigenvalue weighted by molar-refractivity contribution is 6.07. The molecule has 0 bridgehead atoms. The lowest BCUT2D eigenvalue weighted by atomic mass is 9.78. The van der Waals surface area contributed by atoms with Crippen LogP contribution < -0.4 is 9.64 Å². The Morgan fingerprint density at radius 1 is 0.603 bits per heavy atom. The number of benzene rings is 7. The molecule has 292 valence electrons. The van der Waals surface area contributed by atoms with E-state index in [1.165, 1.54) is 45.2 Å². The fourth-order valence-electron chi connectivity index (χ4n) is 10.4. The molecule has 0 N–H and O–H groups in total. The van der Waals surface area contributed by atoms with Crippen LogP contribution in [-0.4, -0.2) is 26.3 Å². The van der Waals surface area contributed by atoms with Crippen molar-refractivity contribution in [3.05, 3.63) is 166 Å². The van der Waals surface area contributed by atoms with E-state index >= 15 is 0 Å². The number of hydrogen-bond donors (Lipinski definition) is 0. The van der Waals surface area contributed by atoms with E-state index in [0.29, 0.717) is 18.8 Å². The van der Waals surface area contributed by atoms with E-state index in [1.807, 2.05) is 26.0 Å². The Morgan fingerprint density at radius 3 is 1.90 bits per heavy atom. The lowest BCUT2D eigenvalue weighted by molar-refractivity contribution is -0.137. The summed E-state index contributed by atoms with van der Waals surface area (Å²) < 4.78 is 55.7. The zero-order valence-corrected chi connectivity index (χ0v) is 33.8. The first-order valence-corrected chi connectivity index (χ1v) is 20.3. The van der Waals surface area contributed by atoms with Gasteiger partial charge in [-0.25, -0.2) is 0 Å². The second-order valence-corrected chi connectivity index (χ2v) is 17.5. The minimum atomic E-state index is -4.44. The van der Waals surface area contributed by atoms with Crippen LogP contribution in [0.1, 0.15) is 79.1 Å². The number of morpholine rings is 1. The molecule has 0 amide bonds. The fourth-order valence-corrected chi connectivity index (χ4v) is 10.4. The number of nitrogens with zero attached hydrogens (tertiary/aromatic N) is 1. The smallest absolute Gasteiger partial charge is 0.416 e. The first-order chi connectivity index (χ1) is 27.7. The highest BCUT2D eigenvalue weighted by Gasteiger charge is 2.44. The maximum absolute atomic E-state index is 14.1. The molecular formula is C52H46F3NO2. The van der Waals surface area contributed by atoms with Crippen LogP contribution in [0.2, 0.25) is 0 Å². The Balaban J connectivity index is 1.17. The first kappa shape index (κ1) is 36.7. The van der Waals surface area contributed by atoms with Crippen LogP contribution in [0.15, 0.2) is 121 Å². The molecule has 1 saturated heterocycles. The Morgan fingerprint density at radius 2 is 1.19 bits per heavy atom. The molecule has 7 aromatic rings. The predicted molar refractivity (Wildman–Crippen MR) is 229 cm³/mol. The summed E-state index contributed by atoms with van der Waals surface area (Å²) in [5.74, 6) is 0.736. The molecule has 0 aromatic heterocycles. The van der Waals surface area contributed by atoms with Crippen LogP contribution in [0.5, 0.6) is 5.75 Å². The van der Waals surface area contributed by atoms with Crippen molar-refractivity contribution in [1.29, 1.82) is 0 Å². The summed E-state index contributed by atoms with van der Waals surface area (Å²) in [4.78, 5) is 2.35. The number of hydrogen-bond acceptors (Lipinski definition) is 3. The van der Waals surface area contributed by atoms with E-state index in [2.05, 4.69) is 124 Å². The Bertz CT molecular complexity index is 2810. The Kier molecular flexibility index (Phi) is 8.04. The molecule has 1 heterocycles. The average molecular weight is 774 g/mol. The van der Waals surface area contributed by atoms with E-state index in [4.69, 9.17) is 9.47 Å². The number of ether oxygens (including phenoxy) is 2. The normalized spacial score (nSPS) is 17.4. The fraction of sp³-hybridized carbons (Fsp3) is 0.269. The molecule has 10 rings (SSSR count). The predicted octanol–water partition coefficient (Wildman–Crippen LogP) is 13.1. The highest BCUT2D eigenvalue weighted by Crippen LogP contribution is 2.58. The number of rotatable bonds is 5. The summed E-state index contributed by atoms with van der Waals surface area (Å²) in [5.41, 5.74) is 10.1. The van der Waals surface area contributed by atoms with Crippen molar-refractivity contribution in [2.45, 2.75) is 64.1 Å². The molecule has 3 nitrogen and oxygen atoms in total. The van der Waals surface area contributed by atoms with Gasteiger partial charge in [-0.15, -0.1) is 0 Å². The summed E-state index contributed by atoms with van der Waals surface area (Å²) in [7, 11) is 0. The zero-order chi connectivity index (χ0) is 40.4. The number of fused-ring (bicyclic) bond motifs is 10. The maximum atomic E-state index is 14.1. The van der Waals surface area contributed by atoms with E-state index in [0.717, 1.165) is 68.7 Å². The number of alkyl halides is 3. The van der Waals surface area contributed by atoms with E-state index in [9.17, 15) is 13.2 Å². The third kappa shape index (κ3) is 5.30. The van der Waals surface area contributed by atoms with Crippen LogP contribution in [-0.2, 0) is 27.3 Å². The lowest BCUT2D eigenvalue weighted by Crippen LogP contribution is -2.36. The topological polar surface area (TPSA) is 21.7 Å². The molecule has 1 unspecified atom stereocenters. The molecule has 0 radical (unpaired) electrons. The standard InChI is InChI=1S/C52H46F3NO2/c1-31-47-46(41-23-19-35(52(53,54)55)30-44(41)50(47,4)5)38-13-9-10-14-39(38)48(31)58-51(6,33-16-20-36(21-17-33)56-25-27-57-28-26-56)34-18-22-40-43(29-34)49(2,3)42-24-15-32-11-7-8-12-37(32)45(40)42/h7-24,29-30H,25-28H2,1-6H3. The van der Waals surface area contributed by atoms with Gasteiger partial charge in [0, 0.05) is 35.0 Å². The molecule has 0 saturated carbocycles. The zero-order valence-electron chi connectivity index (χ0n) is 33.8. The van der Waals surface area contributed by atoms with Crippen molar-refractivity contribution in [3.63, 3.8) is 0 Å². The van der Waals surface area contributed by atoms with Gasteiger partial charge in [-0.05, 0) is 122 Å². The number of halogens is 3. The number of anilines is 1. The average Bonchev–Trinajstić information content (AvgIpc) is 3.61. The minimum absolute atomic E-state index is 0.257. The van der Waals surface area contributed by atoms with Crippen molar-refractivity contribution in [1.82, 2.24) is 0 Å². The summed E-state index contributed by atoms with van der Waals surface area (Å²) in [6.07, 6.45) is -4.44. The maximum Gasteiger partial charge on any atom is 0.416 e. The summed E-state index contributed by atoms with van der Waals surface area (Å²) >= 11 is 0. The van der Waals surface area contributed by atoms with Crippen LogP contribution >= 0.6 is 0 Å². The third-order valence-electron chi connectivity index (χ3n) is 13.5. The monoisotopic (exact) mass is 773 g/mol. The van der Waals surface area contributed by atoms with Crippen molar-refractivity contribution in [2.24, 2.45) is 0 Å². The lowest BCUT2D eigenvalue weighted by Gasteiger charge is -2.36. The molecular weight excluding hydrogens is 728 g/mol. The second kappa shape index (κ2) is 12.7. The molecule has 0 spiro atoms. The molecule has 3 aliphatic rings. The van der Waals surface area contributed by atoms with Gasteiger partial charge >= 0.3 is 6.18 Å². The molecule has 6 heteroatoms. The van der Waals surface area contributed by atoms with Gasteiger partial charge in [0.25, 0.3) is 0 Å². The molecule has 1 atom stereocenters. The molecule has 58 heavy (non-hydrogen) atoms. The molecule has 1 aliphatic heterocycles. The molecule has 1 fully saturated rings. The van der Waals surface area contributed by atoms with Crippen molar-refractivity contribution in [2.75, 3.05) is 31.2 Å². The quantitative estimate of drug-likeness (QED) is 0.174. The largest absolute Gasteiger partial charge is 0.477 e. The Labute approximate surface area is 338 Å². The highest BCUT2D eigenvalue weighted by atomic mass is 19.4. The van der Waals surface area contributed by atoms with Crippen molar-refractivity contribution >= 4 is 27.2 Å². The van der Waals surface area contributed by atoms with E-state index < -0.39 is 22.8 Å². The van der Waals surface area contributed by atoms with Crippen LogP contribution in [0.3, 0.4) is 0 Å². The molecule has 7 aromatic carbocycles. The summed E-state index contributed by atoms with van der Waals surface area (Å²) in [6, 6.07) is 41.1. The second-order valence-electron chi connectivity index (χ2n) is 17.5. The van der Waals surface area contributed by atoms with Crippen molar-refractivity contribution in [3.8, 4) is 28.0 Å². The van der Waals surface area contributed by atoms with Gasteiger partial charge in [0.15, 0.2) is 5.60 Å². The first-order valence-electron chi connectivity index (χ1n) is 20.3. The van der Waals surface area contributed by atoms with Gasteiger partial charge < -0.3 is 14.4 Å². The third-order valence-corrected chi connectivity index (χ3v) is 13.5.